The maximum absolute atomic E-state index is 4.74. The van der Waals surface area contributed by atoms with E-state index in [1.807, 2.05) is 0 Å². The van der Waals surface area contributed by atoms with Crippen molar-refractivity contribution in [3.05, 3.63) is 5.38 Å². The fourth-order valence-corrected chi connectivity index (χ4v) is 4.11. The Balaban J connectivity index is 1.75. The molecule has 108 valence electrons. The standard InChI is InChI=1S/C13H19N5S2/c1-3-14-12-17-16-11(20-12)10-8-19-13(15-10)18-6-4-5-9(2)7-18/h8-9H,3-7H2,1-2H3,(H,14,17). The smallest absolute Gasteiger partial charge is 0.206 e. The van der Waals surface area contributed by atoms with Crippen molar-refractivity contribution in [2.24, 2.45) is 5.92 Å². The Hall–Kier alpha value is -1.21. The van der Waals surface area contributed by atoms with Crippen molar-refractivity contribution in [3.8, 4) is 10.7 Å². The summed E-state index contributed by atoms with van der Waals surface area (Å²) >= 11 is 3.27. The molecular weight excluding hydrogens is 290 g/mol. The fraction of sp³-hybridized carbons (Fsp3) is 0.615. The van der Waals surface area contributed by atoms with E-state index in [-0.39, 0.29) is 0 Å². The molecule has 1 unspecified atom stereocenters. The Kier molecular flexibility index (Phi) is 4.16. The van der Waals surface area contributed by atoms with E-state index in [2.05, 4.69) is 39.6 Å². The number of hydrogen-bond acceptors (Lipinski definition) is 7. The monoisotopic (exact) mass is 309 g/mol. The summed E-state index contributed by atoms with van der Waals surface area (Å²) in [6.45, 7) is 7.47. The molecule has 0 aromatic carbocycles. The number of aromatic nitrogens is 3. The molecule has 0 bridgehead atoms. The van der Waals surface area contributed by atoms with Crippen molar-refractivity contribution in [1.82, 2.24) is 15.2 Å². The second kappa shape index (κ2) is 6.05. The van der Waals surface area contributed by atoms with Crippen molar-refractivity contribution in [1.29, 1.82) is 0 Å². The predicted molar refractivity (Wildman–Crippen MR) is 85.8 cm³/mol. The van der Waals surface area contributed by atoms with Crippen LogP contribution in [-0.2, 0) is 0 Å². The summed E-state index contributed by atoms with van der Waals surface area (Å²) in [4.78, 5) is 7.13. The van der Waals surface area contributed by atoms with Gasteiger partial charge in [-0.3, -0.25) is 0 Å². The van der Waals surface area contributed by atoms with Gasteiger partial charge in [-0.25, -0.2) is 4.98 Å². The van der Waals surface area contributed by atoms with Crippen LogP contribution in [0.5, 0.6) is 0 Å². The van der Waals surface area contributed by atoms with Crippen molar-refractivity contribution < 1.29 is 0 Å². The summed E-state index contributed by atoms with van der Waals surface area (Å²) in [5.74, 6) is 0.762. The van der Waals surface area contributed by atoms with Gasteiger partial charge in [-0.05, 0) is 25.7 Å². The molecule has 0 spiro atoms. The van der Waals surface area contributed by atoms with Gasteiger partial charge in [0.25, 0.3) is 0 Å². The van der Waals surface area contributed by atoms with E-state index >= 15 is 0 Å². The second-order valence-corrected chi connectivity index (χ2v) is 6.97. The van der Waals surface area contributed by atoms with Gasteiger partial charge in [0.2, 0.25) is 5.13 Å². The Morgan fingerprint density at radius 1 is 1.45 bits per heavy atom. The molecule has 1 N–H and O–H groups in total. The minimum Gasteiger partial charge on any atom is -0.360 e. The molecule has 1 aliphatic rings. The van der Waals surface area contributed by atoms with E-state index in [1.165, 1.54) is 12.8 Å². The minimum atomic E-state index is 0.762. The maximum atomic E-state index is 4.74. The summed E-state index contributed by atoms with van der Waals surface area (Å²) in [5.41, 5.74) is 0.949. The lowest BCUT2D eigenvalue weighted by molar-refractivity contribution is 0.446. The molecule has 7 heteroatoms. The molecule has 0 radical (unpaired) electrons. The lowest BCUT2D eigenvalue weighted by Gasteiger charge is -2.30. The van der Waals surface area contributed by atoms with Gasteiger partial charge in [-0.2, -0.15) is 0 Å². The van der Waals surface area contributed by atoms with Crippen molar-refractivity contribution in [2.45, 2.75) is 26.7 Å². The highest BCUT2D eigenvalue weighted by atomic mass is 32.1. The normalized spacial score (nSPS) is 19.3. The predicted octanol–water partition coefficient (Wildman–Crippen LogP) is 3.33. The molecule has 1 fully saturated rings. The quantitative estimate of drug-likeness (QED) is 0.939. The van der Waals surface area contributed by atoms with Gasteiger partial charge in [-0.1, -0.05) is 18.3 Å². The number of thiazole rings is 1. The third-order valence-electron chi connectivity index (χ3n) is 3.39. The number of nitrogens with one attached hydrogen (secondary N) is 1. The van der Waals surface area contributed by atoms with E-state index in [0.717, 1.165) is 46.5 Å². The van der Waals surface area contributed by atoms with Crippen LogP contribution in [0.3, 0.4) is 0 Å². The lowest BCUT2D eigenvalue weighted by atomic mass is 10.0. The summed E-state index contributed by atoms with van der Waals surface area (Å²) < 4.78 is 0. The molecule has 2 aromatic heterocycles. The van der Waals surface area contributed by atoms with Gasteiger partial charge in [0.05, 0.1) is 0 Å². The van der Waals surface area contributed by atoms with Crippen molar-refractivity contribution in [3.63, 3.8) is 0 Å². The summed E-state index contributed by atoms with van der Waals surface area (Å²) in [6.07, 6.45) is 2.59. The van der Waals surface area contributed by atoms with Crippen LogP contribution in [0, 0.1) is 5.92 Å². The average Bonchev–Trinajstić information content (AvgIpc) is 3.07. The van der Waals surface area contributed by atoms with Crippen LogP contribution in [0.1, 0.15) is 26.7 Å². The average molecular weight is 309 g/mol. The Morgan fingerprint density at radius 3 is 3.15 bits per heavy atom. The Bertz CT molecular complexity index is 565. The zero-order chi connectivity index (χ0) is 13.9. The van der Waals surface area contributed by atoms with Gasteiger partial charge >= 0.3 is 0 Å². The SMILES string of the molecule is CCNc1nnc(-c2csc(N3CCCC(C)C3)n2)s1. The number of rotatable bonds is 4. The minimum absolute atomic E-state index is 0.762. The van der Waals surface area contributed by atoms with Gasteiger partial charge in [0.1, 0.15) is 5.69 Å². The lowest BCUT2D eigenvalue weighted by Crippen LogP contribution is -2.34. The molecule has 5 nitrogen and oxygen atoms in total. The van der Waals surface area contributed by atoms with Crippen molar-refractivity contribution >= 4 is 32.9 Å². The highest BCUT2D eigenvalue weighted by molar-refractivity contribution is 7.19. The third-order valence-corrected chi connectivity index (χ3v) is 5.20. The topological polar surface area (TPSA) is 53.9 Å². The molecule has 1 atom stereocenters. The number of piperidine rings is 1. The summed E-state index contributed by atoms with van der Waals surface area (Å²) in [7, 11) is 0. The molecule has 0 aliphatic carbocycles. The number of nitrogens with zero attached hydrogens (tertiary/aromatic N) is 4. The van der Waals surface area contributed by atoms with E-state index < -0.39 is 0 Å². The fourth-order valence-electron chi connectivity index (χ4n) is 2.42. The summed E-state index contributed by atoms with van der Waals surface area (Å²) in [5, 5.41) is 16.5. The molecule has 20 heavy (non-hydrogen) atoms. The molecule has 0 saturated carbocycles. The first kappa shape index (κ1) is 13.8. The first-order valence-electron chi connectivity index (χ1n) is 7.04. The molecule has 0 amide bonds. The van der Waals surface area contributed by atoms with Gasteiger partial charge in [-0.15, -0.1) is 21.5 Å². The number of hydrogen-bond donors (Lipinski definition) is 1. The van der Waals surface area contributed by atoms with Crippen LogP contribution in [0.15, 0.2) is 5.38 Å². The van der Waals surface area contributed by atoms with E-state index in [4.69, 9.17) is 4.98 Å². The van der Waals surface area contributed by atoms with Gasteiger partial charge in [0, 0.05) is 25.0 Å². The van der Waals surface area contributed by atoms with Crippen LogP contribution >= 0.6 is 22.7 Å². The van der Waals surface area contributed by atoms with E-state index in [9.17, 15) is 0 Å². The maximum Gasteiger partial charge on any atom is 0.206 e. The second-order valence-electron chi connectivity index (χ2n) is 5.15. The van der Waals surface area contributed by atoms with Crippen LogP contribution in [-0.4, -0.2) is 34.8 Å². The Labute approximate surface area is 127 Å². The first-order valence-corrected chi connectivity index (χ1v) is 8.74. The van der Waals surface area contributed by atoms with E-state index in [1.54, 1.807) is 22.7 Å². The first-order chi connectivity index (χ1) is 9.76. The zero-order valence-electron chi connectivity index (χ0n) is 11.8. The zero-order valence-corrected chi connectivity index (χ0v) is 13.4. The van der Waals surface area contributed by atoms with Crippen LogP contribution < -0.4 is 10.2 Å². The summed E-state index contributed by atoms with van der Waals surface area (Å²) in [6, 6.07) is 0. The Morgan fingerprint density at radius 2 is 2.35 bits per heavy atom. The molecular formula is C13H19N5S2. The van der Waals surface area contributed by atoms with Gasteiger partial charge in [0.15, 0.2) is 10.1 Å². The highest BCUT2D eigenvalue weighted by Gasteiger charge is 2.20. The molecule has 1 saturated heterocycles. The largest absolute Gasteiger partial charge is 0.360 e. The van der Waals surface area contributed by atoms with Crippen LogP contribution in [0.2, 0.25) is 0 Å². The van der Waals surface area contributed by atoms with Gasteiger partial charge < -0.3 is 10.2 Å². The number of anilines is 2. The highest BCUT2D eigenvalue weighted by Crippen LogP contribution is 2.32. The van der Waals surface area contributed by atoms with E-state index in [0.29, 0.717) is 0 Å². The molecule has 3 rings (SSSR count). The van der Waals surface area contributed by atoms with Crippen molar-refractivity contribution in [2.75, 3.05) is 29.9 Å². The molecule has 2 aromatic rings. The third kappa shape index (κ3) is 2.93. The molecule has 1 aliphatic heterocycles. The molecule has 3 heterocycles. The van der Waals surface area contributed by atoms with Crippen LogP contribution in [0.4, 0.5) is 10.3 Å². The van der Waals surface area contributed by atoms with Crippen LogP contribution in [0.25, 0.3) is 10.7 Å².